The van der Waals surface area contributed by atoms with Crippen molar-refractivity contribution in [3.63, 3.8) is 0 Å². The second-order valence-electron chi connectivity index (χ2n) is 1.27. The quantitative estimate of drug-likeness (QED) is 0.466. The molecule has 0 saturated heterocycles. The van der Waals surface area contributed by atoms with Crippen LogP contribution in [-0.4, -0.2) is 11.7 Å². The van der Waals surface area contributed by atoms with Crippen molar-refractivity contribution in [3.05, 3.63) is 0 Å². The Balaban J connectivity index is 4.19. The highest BCUT2D eigenvalue weighted by Gasteiger charge is 2.31. The monoisotopic (exact) mass is 118 g/mol. The van der Waals surface area contributed by atoms with Gasteiger partial charge < -0.3 is 0 Å². The first kappa shape index (κ1) is 7.09. The van der Waals surface area contributed by atoms with Gasteiger partial charge in [0.1, 0.15) is 0 Å². The number of ketones is 1. The summed E-state index contributed by atoms with van der Waals surface area (Å²) in [6.45, 7) is 0.750. The summed E-state index contributed by atoms with van der Waals surface area (Å²) in [5, 5.41) is 0. The molecule has 0 fully saturated rings. The lowest BCUT2D eigenvalue weighted by atomic mass is 10.2. The van der Waals surface area contributed by atoms with Gasteiger partial charge in [0.2, 0.25) is 5.78 Å². The number of Topliss-reactive ketones (excluding diaryl/α,β-unsaturated/α-hetero) is 1. The zero-order valence-electron chi connectivity index (χ0n) is 4.24. The van der Waals surface area contributed by atoms with Gasteiger partial charge in [0.15, 0.2) is 0 Å². The maximum absolute atomic E-state index is 11.7. The van der Waals surface area contributed by atoms with E-state index in [-0.39, 0.29) is 0 Å². The van der Waals surface area contributed by atoms with Gasteiger partial charge in [-0.05, 0) is 5.92 Å². The molecule has 0 aliphatic carbocycles. The van der Waals surface area contributed by atoms with Crippen LogP contribution in [0.2, 0.25) is 0 Å². The Morgan fingerprint density at radius 2 is 2.12 bits per heavy atom. The Hall–Kier alpha value is -0.910. The van der Waals surface area contributed by atoms with Crippen LogP contribution in [0.5, 0.6) is 0 Å². The van der Waals surface area contributed by atoms with Crippen LogP contribution in [0.3, 0.4) is 0 Å². The van der Waals surface area contributed by atoms with Crippen molar-refractivity contribution in [2.45, 2.75) is 12.8 Å². The van der Waals surface area contributed by atoms with E-state index < -0.39 is 11.7 Å². The number of terminal acetylenes is 1. The lowest BCUT2D eigenvalue weighted by Gasteiger charge is -2.00. The van der Waals surface area contributed by atoms with E-state index >= 15 is 0 Å². The van der Waals surface area contributed by atoms with Crippen LogP contribution in [0.1, 0.15) is 6.92 Å². The molecule has 0 aromatic carbocycles. The molecule has 0 amide bonds. The molecular weight excluding hydrogens is 114 g/mol. The van der Waals surface area contributed by atoms with E-state index in [2.05, 4.69) is 6.42 Å². The number of hydrogen-bond donors (Lipinski definition) is 0. The van der Waals surface area contributed by atoms with Gasteiger partial charge in [0.25, 0.3) is 0 Å². The minimum atomic E-state index is -3.57. The van der Waals surface area contributed by atoms with Gasteiger partial charge in [0, 0.05) is 6.92 Å². The fourth-order valence-electron chi connectivity index (χ4n) is 0.102. The highest BCUT2D eigenvalue weighted by molar-refractivity contribution is 5.86. The fourth-order valence-corrected chi connectivity index (χ4v) is 0.102. The summed E-state index contributed by atoms with van der Waals surface area (Å²) >= 11 is 0. The zero-order valence-corrected chi connectivity index (χ0v) is 4.24. The Kier molecular flexibility index (Phi) is 1.69. The molecule has 0 spiro atoms. The molecule has 3 heteroatoms. The largest absolute Gasteiger partial charge is 0.365 e. The molecular formula is C5H4F2O. The summed E-state index contributed by atoms with van der Waals surface area (Å²) in [7, 11) is 0. The Morgan fingerprint density at radius 3 is 2.12 bits per heavy atom. The molecule has 0 heterocycles. The second-order valence-corrected chi connectivity index (χ2v) is 1.27. The third kappa shape index (κ3) is 1.30. The van der Waals surface area contributed by atoms with Crippen LogP contribution in [0.4, 0.5) is 8.78 Å². The van der Waals surface area contributed by atoms with E-state index in [9.17, 15) is 13.6 Å². The van der Waals surface area contributed by atoms with Crippen LogP contribution < -0.4 is 0 Å². The van der Waals surface area contributed by atoms with Gasteiger partial charge in [-0.3, -0.25) is 4.79 Å². The lowest BCUT2D eigenvalue weighted by molar-refractivity contribution is -0.133. The average molecular weight is 118 g/mol. The minimum absolute atomic E-state index is 0.750. The standard InChI is InChI=1S/C5H4F2O/c1-3-5(6,7)4(2)8/h1H,2H3. The van der Waals surface area contributed by atoms with E-state index in [1.54, 1.807) is 0 Å². The molecule has 0 bridgehead atoms. The van der Waals surface area contributed by atoms with Gasteiger partial charge in [0.05, 0.1) is 0 Å². The molecule has 0 atom stereocenters. The first-order valence-electron chi connectivity index (χ1n) is 1.87. The van der Waals surface area contributed by atoms with Crippen molar-refractivity contribution in [2.75, 3.05) is 0 Å². The van der Waals surface area contributed by atoms with Gasteiger partial charge in [-0.1, -0.05) is 0 Å². The van der Waals surface area contributed by atoms with Crippen molar-refractivity contribution >= 4 is 5.78 Å². The molecule has 0 aliphatic rings. The number of hydrogen-bond acceptors (Lipinski definition) is 1. The highest BCUT2D eigenvalue weighted by atomic mass is 19.3. The van der Waals surface area contributed by atoms with Gasteiger partial charge in [-0.25, -0.2) is 0 Å². The van der Waals surface area contributed by atoms with Crippen LogP contribution in [0, 0.1) is 12.3 Å². The van der Waals surface area contributed by atoms with E-state index in [0.29, 0.717) is 0 Å². The van der Waals surface area contributed by atoms with E-state index in [1.165, 1.54) is 0 Å². The third-order valence-electron chi connectivity index (χ3n) is 0.623. The Bertz CT molecular complexity index is 143. The predicted molar refractivity (Wildman–Crippen MR) is 24.5 cm³/mol. The number of halogens is 2. The van der Waals surface area contributed by atoms with E-state index in [0.717, 1.165) is 12.8 Å². The molecule has 0 aliphatic heterocycles. The summed E-state index contributed by atoms with van der Waals surface area (Å²) < 4.78 is 23.4. The van der Waals surface area contributed by atoms with Gasteiger partial charge in [-0.15, -0.1) is 6.42 Å². The van der Waals surface area contributed by atoms with Crippen LogP contribution >= 0.6 is 0 Å². The molecule has 0 radical (unpaired) electrons. The molecule has 0 saturated carbocycles. The summed E-state index contributed by atoms with van der Waals surface area (Å²) in [4.78, 5) is 9.80. The zero-order chi connectivity index (χ0) is 6.78. The second kappa shape index (κ2) is 1.91. The van der Waals surface area contributed by atoms with Crippen molar-refractivity contribution in [3.8, 4) is 12.3 Å². The van der Waals surface area contributed by atoms with E-state index in [4.69, 9.17) is 0 Å². The molecule has 0 aromatic heterocycles. The van der Waals surface area contributed by atoms with E-state index in [1.807, 2.05) is 0 Å². The van der Waals surface area contributed by atoms with Crippen molar-refractivity contribution in [1.82, 2.24) is 0 Å². The molecule has 0 rings (SSSR count). The Morgan fingerprint density at radius 1 is 1.75 bits per heavy atom. The summed E-state index contributed by atoms with van der Waals surface area (Å²) in [6, 6.07) is 0. The maximum atomic E-state index is 11.7. The SMILES string of the molecule is C#CC(F)(F)C(C)=O. The normalized spacial score (nSPS) is 10.2. The number of carbonyl (C=O) groups excluding carboxylic acids is 1. The third-order valence-corrected chi connectivity index (χ3v) is 0.623. The molecule has 8 heavy (non-hydrogen) atoms. The lowest BCUT2D eigenvalue weighted by Crippen LogP contribution is -2.22. The molecule has 44 valence electrons. The molecule has 1 nitrogen and oxygen atoms in total. The summed E-state index contributed by atoms with van der Waals surface area (Å²) in [5.41, 5.74) is 0. The van der Waals surface area contributed by atoms with Crippen LogP contribution in [-0.2, 0) is 4.79 Å². The number of carbonyl (C=O) groups is 1. The molecule has 0 N–H and O–H groups in total. The number of rotatable bonds is 1. The topological polar surface area (TPSA) is 17.1 Å². The van der Waals surface area contributed by atoms with Crippen molar-refractivity contribution in [2.24, 2.45) is 0 Å². The summed E-state index contributed by atoms with van der Waals surface area (Å²) in [6.07, 6.45) is 4.29. The smallest absolute Gasteiger partial charge is 0.292 e. The average Bonchev–Trinajstić information content (AvgIpc) is 1.67. The number of alkyl halides is 2. The maximum Gasteiger partial charge on any atom is 0.365 e. The first-order chi connectivity index (χ1) is 3.50. The van der Waals surface area contributed by atoms with Crippen molar-refractivity contribution in [1.29, 1.82) is 0 Å². The fraction of sp³-hybridized carbons (Fsp3) is 0.400. The highest BCUT2D eigenvalue weighted by Crippen LogP contribution is 2.11. The van der Waals surface area contributed by atoms with Crippen molar-refractivity contribution < 1.29 is 13.6 Å². The van der Waals surface area contributed by atoms with Gasteiger partial charge >= 0.3 is 5.92 Å². The predicted octanol–water partition coefficient (Wildman–Crippen LogP) is 0.844. The molecule has 0 aromatic rings. The first-order valence-corrected chi connectivity index (χ1v) is 1.87. The Labute approximate surface area is 45.7 Å². The molecule has 0 unspecified atom stereocenters. The minimum Gasteiger partial charge on any atom is -0.292 e. The van der Waals surface area contributed by atoms with Gasteiger partial charge in [-0.2, -0.15) is 8.78 Å². The van der Waals surface area contributed by atoms with Crippen LogP contribution in [0.15, 0.2) is 0 Å². The van der Waals surface area contributed by atoms with Crippen LogP contribution in [0.25, 0.3) is 0 Å². The summed E-state index contributed by atoms with van der Waals surface area (Å²) in [5.74, 6) is -3.80.